The van der Waals surface area contributed by atoms with E-state index >= 15 is 0 Å². The summed E-state index contributed by atoms with van der Waals surface area (Å²) in [5.41, 5.74) is 2.14. The third-order valence-corrected chi connectivity index (χ3v) is 3.51. The summed E-state index contributed by atoms with van der Waals surface area (Å²) in [6, 6.07) is 8.04. The van der Waals surface area contributed by atoms with Crippen LogP contribution < -0.4 is 4.90 Å². The van der Waals surface area contributed by atoms with E-state index in [0.29, 0.717) is 0 Å². The molecule has 1 aliphatic rings. The lowest BCUT2D eigenvalue weighted by Crippen LogP contribution is -2.32. The van der Waals surface area contributed by atoms with Crippen molar-refractivity contribution in [2.75, 3.05) is 44.2 Å². The fourth-order valence-electron chi connectivity index (χ4n) is 2.53. The van der Waals surface area contributed by atoms with Gasteiger partial charge in [0.1, 0.15) is 0 Å². The Bertz CT molecular complexity index is 371. The predicted octanol–water partition coefficient (Wildman–Crippen LogP) is 0.683. The average Bonchev–Trinajstić information content (AvgIpc) is 2.65. The molecule has 1 fully saturated rings. The first-order chi connectivity index (χ1) is 8.85. The molecule has 4 nitrogen and oxygen atoms in total. The highest BCUT2D eigenvalue weighted by Crippen LogP contribution is 2.21. The Hall–Kier alpha value is -1.10. The highest BCUT2D eigenvalue weighted by Gasteiger charge is 2.16. The predicted molar refractivity (Wildman–Crippen MR) is 72.7 cm³/mol. The molecule has 0 aliphatic carbocycles. The molecule has 1 aromatic rings. The van der Waals surface area contributed by atoms with Crippen molar-refractivity contribution in [3.05, 3.63) is 29.8 Å². The smallest absolute Gasteiger partial charge is 0.0702 e. The number of rotatable bonds is 4. The van der Waals surface area contributed by atoms with E-state index in [4.69, 9.17) is 5.11 Å². The first kappa shape index (κ1) is 13.3. The van der Waals surface area contributed by atoms with Gasteiger partial charge in [-0.3, -0.25) is 4.90 Å². The zero-order chi connectivity index (χ0) is 12.8. The summed E-state index contributed by atoms with van der Waals surface area (Å²) in [4.78, 5) is 4.63. The fraction of sp³-hybridized carbons (Fsp3) is 0.571. The van der Waals surface area contributed by atoms with Gasteiger partial charge < -0.3 is 15.1 Å². The van der Waals surface area contributed by atoms with Gasteiger partial charge in [-0.05, 0) is 19.0 Å². The summed E-state index contributed by atoms with van der Waals surface area (Å²) in [7, 11) is 0. The Morgan fingerprint density at radius 3 is 2.61 bits per heavy atom. The maximum absolute atomic E-state index is 9.39. The number of para-hydroxylation sites is 1. The normalized spacial score (nSPS) is 17.8. The second kappa shape index (κ2) is 6.73. The topological polar surface area (TPSA) is 46.9 Å². The van der Waals surface area contributed by atoms with E-state index in [-0.39, 0.29) is 13.2 Å². The monoisotopic (exact) mass is 250 g/mol. The maximum Gasteiger partial charge on any atom is 0.0702 e. The van der Waals surface area contributed by atoms with Gasteiger partial charge in [0.15, 0.2) is 0 Å². The minimum atomic E-state index is 0.0903. The number of anilines is 1. The van der Waals surface area contributed by atoms with Crippen molar-refractivity contribution in [2.45, 2.75) is 13.0 Å². The molecule has 0 saturated carbocycles. The molecular weight excluding hydrogens is 228 g/mol. The van der Waals surface area contributed by atoms with Crippen molar-refractivity contribution in [3.63, 3.8) is 0 Å². The molecule has 0 aromatic heterocycles. The molecule has 4 heteroatoms. The standard InChI is InChI=1S/C14H22N2O2/c17-11-10-15-6-3-7-16(9-8-15)14-5-2-1-4-13(14)12-18/h1-2,4-5,17-18H,3,6-12H2. The Labute approximate surface area is 108 Å². The molecule has 1 heterocycles. The third-order valence-electron chi connectivity index (χ3n) is 3.51. The first-order valence-electron chi connectivity index (χ1n) is 6.62. The van der Waals surface area contributed by atoms with E-state index in [1.807, 2.05) is 18.2 Å². The zero-order valence-corrected chi connectivity index (χ0v) is 10.8. The van der Waals surface area contributed by atoms with Crippen molar-refractivity contribution in [3.8, 4) is 0 Å². The van der Waals surface area contributed by atoms with Gasteiger partial charge >= 0.3 is 0 Å². The van der Waals surface area contributed by atoms with Crippen molar-refractivity contribution < 1.29 is 10.2 Å². The van der Waals surface area contributed by atoms with Crippen LogP contribution in [0, 0.1) is 0 Å². The molecule has 18 heavy (non-hydrogen) atoms. The van der Waals surface area contributed by atoms with Gasteiger partial charge in [0.2, 0.25) is 0 Å². The molecule has 2 N–H and O–H groups in total. The maximum atomic E-state index is 9.39. The van der Waals surface area contributed by atoms with E-state index < -0.39 is 0 Å². The molecule has 0 spiro atoms. The third kappa shape index (κ3) is 3.22. The average molecular weight is 250 g/mol. The lowest BCUT2D eigenvalue weighted by molar-refractivity contribution is 0.204. The van der Waals surface area contributed by atoms with Crippen molar-refractivity contribution in [1.29, 1.82) is 0 Å². The molecule has 100 valence electrons. The van der Waals surface area contributed by atoms with Crippen LogP contribution in [0.4, 0.5) is 5.69 Å². The van der Waals surface area contributed by atoms with Crippen LogP contribution in [0.15, 0.2) is 24.3 Å². The molecule has 0 atom stereocenters. The lowest BCUT2D eigenvalue weighted by Gasteiger charge is -2.25. The van der Waals surface area contributed by atoms with Gasteiger partial charge in [0.05, 0.1) is 13.2 Å². The van der Waals surface area contributed by atoms with Crippen LogP contribution in [-0.2, 0) is 6.61 Å². The number of hydrogen-bond donors (Lipinski definition) is 2. The number of hydrogen-bond acceptors (Lipinski definition) is 4. The SMILES string of the molecule is OCCN1CCCN(c2ccccc2CO)CC1. The fourth-order valence-corrected chi connectivity index (χ4v) is 2.53. The quantitative estimate of drug-likeness (QED) is 0.825. The van der Waals surface area contributed by atoms with E-state index in [0.717, 1.165) is 50.4 Å². The number of benzene rings is 1. The van der Waals surface area contributed by atoms with Crippen LogP contribution >= 0.6 is 0 Å². The zero-order valence-electron chi connectivity index (χ0n) is 10.8. The summed E-state index contributed by atoms with van der Waals surface area (Å²) in [6.45, 7) is 5.06. The highest BCUT2D eigenvalue weighted by molar-refractivity contribution is 5.53. The van der Waals surface area contributed by atoms with E-state index in [1.165, 1.54) is 0 Å². The first-order valence-corrected chi connectivity index (χ1v) is 6.62. The van der Waals surface area contributed by atoms with Gasteiger partial charge in [0, 0.05) is 37.4 Å². The van der Waals surface area contributed by atoms with Crippen LogP contribution in [-0.4, -0.2) is 54.4 Å². The molecule has 0 bridgehead atoms. The van der Waals surface area contributed by atoms with Crippen molar-refractivity contribution >= 4 is 5.69 Å². The van der Waals surface area contributed by atoms with Crippen molar-refractivity contribution in [1.82, 2.24) is 4.90 Å². The molecule has 0 radical (unpaired) electrons. The molecular formula is C14H22N2O2. The van der Waals surface area contributed by atoms with Crippen LogP contribution in [0.2, 0.25) is 0 Å². The van der Waals surface area contributed by atoms with E-state index in [2.05, 4.69) is 15.9 Å². The van der Waals surface area contributed by atoms with Gasteiger partial charge in [-0.25, -0.2) is 0 Å². The Balaban J connectivity index is 2.05. The van der Waals surface area contributed by atoms with Gasteiger partial charge in [-0.15, -0.1) is 0 Å². The van der Waals surface area contributed by atoms with Gasteiger partial charge in [-0.2, -0.15) is 0 Å². The Kier molecular flexibility index (Phi) is 4.99. The second-order valence-corrected chi connectivity index (χ2v) is 4.69. The van der Waals surface area contributed by atoms with Crippen LogP contribution in [0.3, 0.4) is 0 Å². The molecule has 0 amide bonds. The summed E-state index contributed by atoms with van der Waals surface area (Å²) >= 11 is 0. The molecule has 1 aromatic carbocycles. The summed E-state index contributed by atoms with van der Waals surface area (Å²) in [5, 5.41) is 18.4. The summed E-state index contributed by atoms with van der Waals surface area (Å²) in [6.07, 6.45) is 1.10. The molecule has 1 saturated heterocycles. The number of aliphatic hydroxyl groups is 2. The van der Waals surface area contributed by atoms with Crippen LogP contribution in [0.25, 0.3) is 0 Å². The molecule has 1 aliphatic heterocycles. The number of β-amino-alcohol motifs (C(OH)–C–C–N with tert-alkyl or cyclic N) is 1. The van der Waals surface area contributed by atoms with Gasteiger partial charge in [-0.1, -0.05) is 18.2 Å². The Morgan fingerprint density at radius 2 is 1.83 bits per heavy atom. The van der Waals surface area contributed by atoms with E-state index in [9.17, 15) is 5.11 Å². The molecule has 0 unspecified atom stereocenters. The molecule has 2 rings (SSSR count). The van der Waals surface area contributed by atoms with Crippen LogP contribution in [0.5, 0.6) is 0 Å². The van der Waals surface area contributed by atoms with Crippen molar-refractivity contribution in [2.24, 2.45) is 0 Å². The number of nitrogens with zero attached hydrogens (tertiary/aromatic N) is 2. The lowest BCUT2D eigenvalue weighted by atomic mass is 10.1. The largest absolute Gasteiger partial charge is 0.395 e. The van der Waals surface area contributed by atoms with E-state index in [1.54, 1.807) is 0 Å². The van der Waals surface area contributed by atoms with Gasteiger partial charge in [0.25, 0.3) is 0 Å². The Morgan fingerprint density at radius 1 is 1.00 bits per heavy atom. The summed E-state index contributed by atoms with van der Waals surface area (Å²) in [5.74, 6) is 0. The minimum Gasteiger partial charge on any atom is -0.395 e. The minimum absolute atomic E-state index is 0.0903. The van der Waals surface area contributed by atoms with Crippen LogP contribution in [0.1, 0.15) is 12.0 Å². The summed E-state index contributed by atoms with van der Waals surface area (Å²) < 4.78 is 0. The second-order valence-electron chi connectivity index (χ2n) is 4.69. The highest BCUT2D eigenvalue weighted by atomic mass is 16.3. The number of aliphatic hydroxyl groups excluding tert-OH is 2.